The summed E-state index contributed by atoms with van der Waals surface area (Å²) in [5.41, 5.74) is 10.9. The molecule has 4 N–H and O–H groups in total. The number of hydrazine groups is 1. The van der Waals surface area contributed by atoms with Gasteiger partial charge in [0.1, 0.15) is 6.67 Å². The molecule has 0 unspecified atom stereocenters. The minimum Gasteiger partial charge on any atom is -0.368 e. The molecule has 62 valence electrons. The second-order valence-corrected chi connectivity index (χ2v) is 2.37. The SMILES string of the molecule is CN(C)N1CN=C(N)N=C1N. The number of rotatable bonds is 1. The summed E-state index contributed by atoms with van der Waals surface area (Å²) in [5.74, 6) is 0.614. The fourth-order valence-corrected chi connectivity index (χ4v) is 0.754. The Bertz CT molecular complexity index is 205. The summed E-state index contributed by atoms with van der Waals surface area (Å²) < 4.78 is 0. The van der Waals surface area contributed by atoms with Crippen molar-refractivity contribution in [3.05, 3.63) is 0 Å². The zero-order valence-corrected chi connectivity index (χ0v) is 6.65. The van der Waals surface area contributed by atoms with Crippen LogP contribution in [0.15, 0.2) is 9.98 Å². The predicted molar refractivity (Wildman–Crippen MR) is 43.6 cm³/mol. The summed E-state index contributed by atoms with van der Waals surface area (Å²) in [6, 6.07) is 0. The predicted octanol–water partition coefficient (Wildman–Crippen LogP) is -1.63. The smallest absolute Gasteiger partial charge is 0.220 e. The van der Waals surface area contributed by atoms with E-state index < -0.39 is 0 Å². The van der Waals surface area contributed by atoms with E-state index in [0.29, 0.717) is 12.6 Å². The van der Waals surface area contributed by atoms with Crippen LogP contribution in [0.25, 0.3) is 0 Å². The molecule has 0 spiro atoms. The Balaban J connectivity index is 2.72. The first kappa shape index (κ1) is 7.80. The average Bonchev–Trinajstić information content (AvgIpc) is 1.85. The molecule has 0 bridgehead atoms. The molecule has 6 heteroatoms. The molecule has 1 heterocycles. The van der Waals surface area contributed by atoms with Crippen LogP contribution in [-0.4, -0.2) is 42.7 Å². The molecule has 0 radical (unpaired) electrons. The first-order chi connectivity index (χ1) is 5.11. The Morgan fingerprint density at radius 1 is 1.45 bits per heavy atom. The van der Waals surface area contributed by atoms with Crippen molar-refractivity contribution in [3.63, 3.8) is 0 Å². The lowest BCUT2D eigenvalue weighted by Gasteiger charge is -2.29. The molecule has 1 aliphatic rings. The Kier molecular flexibility index (Phi) is 1.95. The summed E-state index contributed by atoms with van der Waals surface area (Å²) in [5, 5.41) is 3.51. The summed E-state index contributed by atoms with van der Waals surface area (Å²) in [6.45, 7) is 0.439. The lowest BCUT2D eigenvalue weighted by molar-refractivity contribution is 0.111. The third-order valence-corrected chi connectivity index (χ3v) is 1.34. The van der Waals surface area contributed by atoms with Gasteiger partial charge in [0.15, 0.2) is 0 Å². The van der Waals surface area contributed by atoms with Crippen molar-refractivity contribution >= 4 is 11.9 Å². The number of nitrogens with two attached hydrogens (primary N) is 2. The van der Waals surface area contributed by atoms with Crippen LogP contribution in [0, 0.1) is 0 Å². The van der Waals surface area contributed by atoms with Gasteiger partial charge in [0.25, 0.3) is 0 Å². The van der Waals surface area contributed by atoms with Crippen LogP contribution >= 0.6 is 0 Å². The van der Waals surface area contributed by atoms with E-state index in [-0.39, 0.29) is 5.96 Å². The minimum absolute atomic E-state index is 0.237. The molecule has 0 aromatic carbocycles. The largest absolute Gasteiger partial charge is 0.368 e. The second kappa shape index (κ2) is 2.75. The standard InChI is InChI=1S/C5H12N6/c1-10(2)11-3-8-4(6)9-5(11)7/h3H2,1-2H3,(H4,6,7,8,9). The Morgan fingerprint density at radius 2 is 2.09 bits per heavy atom. The number of aliphatic imine (C=N–C) groups is 2. The van der Waals surface area contributed by atoms with Gasteiger partial charge in [-0.2, -0.15) is 4.99 Å². The van der Waals surface area contributed by atoms with Gasteiger partial charge in [0.05, 0.1) is 0 Å². The minimum atomic E-state index is 0.237. The van der Waals surface area contributed by atoms with Crippen LogP contribution < -0.4 is 11.5 Å². The van der Waals surface area contributed by atoms with E-state index in [1.165, 1.54) is 0 Å². The van der Waals surface area contributed by atoms with Gasteiger partial charge in [-0.25, -0.2) is 10.0 Å². The Hall–Kier alpha value is -1.30. The van der Waals surface area contributed by atoms with Crippen molar-refractivity contribution in [2.24, 2.45) is 21.5 Å². The maximum atomic E-state index is 5.54. The zero-order valence-electron chi connectivity index (χ0n) is 6.65. The first-order valence-corrected chi connectivity index (χ1v) is 3.20. The third-order valence-electron chi connectivity index (χ3n) is 1.34. The van der Waals surface area contributed by atoms with Crippen molar-refractivity contribution in [2.75, 3.05) is 20.8 Å². The maximum absolute atomic E-state index is 5.54. The van der Waals surface area contributed by atoms with Gasteiger partial charge < -0.3 is 11.5 Å². The van der Waals surface area contributed by atoms with E-state index in [9.17, 15) is 0 Å². The second-order valence-electron chi connectivity index (χ2n) is 2.37. The molecule has 0 saturated heterocycles. The molecule has 6 nitrogen and oxygen atoms in total. The van der Waals surface area contributed by atoms with Gasteiger partial charge in [-0.3, -0.25) is 5.01 Å². The van der Waals surface area contributed by atoms with E-state index in [0.717, 1.165) is 0 Å². The monoisotopic (exact) mass is 156 g/mol. The normalized spacial score (nSPS) is 18.3. The van der Waals surface area contributed by atoms with E-state index >= 15 is 0 Å². The van der Waals surface area contributed by atoms with Crippen LogP contribution in [0.4, 0.5) is 0 Å². The van der Waals surface area contributed by atoms with Crippen LogP contribution in [0.1, 0.15) is 0 Å². The molecule has 0 aromatic heterocycles. The van der Waals surface area contributed by atoms with Crippen LogP contribution in [-0.2, 0) is 0 Å². The summed E-state index contributed by atoms with van der Waals surface area (Å²) >= 11 is 0. The Labute approximate surface area is 65.2 Å². The fraction of sp³-hybridized carbons (Fsp3) is 0.600. The fourth-order valence-electron chi connectivity index (χ4n) is 0.754. The van der Waals surface area contributed by atoms with Crippen molar-refractivity contribution in [3.8, 4) is 0 Å². The van der Waals surface area contributed by atoms with Crippen molar-refractivity contribution in [1.82, 2.24) is 10.0 Å². The van der Waals surface area contributed by atoms with Gasteiger partial charge in [0.2, 0.25) is 11.9 Å². The van der Waals surface area contributed by atoms with Gasteiger partial charge in [0, 0.05) is 14.1 Å². The van der Waals surface area contributed by atoms with E-state index in [4.69, 9.17) is 11.5 Å². The molecule has 1 aliphatic heterocycles. The highest BCUT2D eigenvalue weighted by atomic mass is 15.7. The highest BCUT2D eigenvalue weighted by Gasteiger charge is 2.13. The van der Waals surface area contributed by atoms with Crippen LogP contribution in [0.5, 0.6) is 0 Å². The van der Waals surface area contributed by atoms with Gasteiger partial charge >= 0.3 is 0 Å². The van der Waals surface area contributed by atoms with E-state index in [2.05, 4.69) is 9.98 Å². The average molecular weight is 156 g/mol. The molecular weight excluding hydrogens is 144 g/mol. The topological polar surface area (TPSA) is 83.2 Å². The summed E-state index contributed by atoms with van der Waals surface area (Å²) in [7, 11) is 3.72. The van der Waals surface area contributed by atoms with Crippen molar-refractivity contribution < 1.29 is 0 Å². The lowest BCUT2D eigenvalue weighted by Crippen LogP contribution is -2.49. The van der Waals surface area contributed by atoms with Crippen molar-refractivity contribution in [2.45, 2.75) is 0 Å². The van der Waals surface area contributed by atoms with Gasteiger partial charge in [-0.15, -0.1) is 0 Å². The molecule has 1 rings (SSSR count). The lowest BCUT2D eigenvalue weighted by atomic mass is 10.7. The molecule has 0 aliphatic carbocycles. The van der Waals surface area contributed by atoms with Crippen LogP contribution in [0.3, 0.4) is 0 Å². The first-order valence-electron chi connectivity index (χ1n) is 3.20. The number of nitrogens with zero attached hydrogens (tertiary/aromatic N) is 4. The summed E-state index contributed by atoms with van der Waals surface area (Å²) in [4.78, 5) is 7.69. The molecule has 0 amide bonds. The quantitative estimate of drug-likeness (QED) is 0.477. The number of guanidine groups is 2. The highest BCUT2D eigenvalue weighted by Crippen LogP contribution is 1.96. The maximum Gasteiger partial charge on any atom is 0.220 e. The zero-order chi connectivity index (χ0) is 8.43. The molecule has 0 saturated carbocycles. The molecule has 0 aromatic rings. The number of hydrogen-bond donors (Lipinski definition) is 2. The van der Waals surface area contributed by atoms with Crippen LogP contribution in [0.2, 0.25) is 0 Å². The molecule has 0 fully saturated rings. The number of hydrogen-bond acceptors (Lipinski definition) is 6. The van der Waals surface area contributed by atoms with E-state index in [1.807, 2.05) is 14.1 Å². The van der Waals surface area contributed by atoms with Gasteiger partial charge in [-0.1, -0.05) is 0 Å². The molecular formula is C5H12N6. The third kappa shape index (κ3) is 1.58. The van der Waals surface area contributed by atoms with E-state index in [1.54, 1.807) is 10.0 Å². The van der Waals surface area contributed by atoms with Gasteiger partial charge in [-0.05, 0) is 0 Å². The summed E-state index contributed by atoms with van der Waals surface area (Å²) in [6.07, 6.45) is 0. The van der Waals surface area contributed by atoms with Crippen molar-refractivity contribution in [1.29, 1.82) is 0 Å². The molecule has 11 heavy (non-hydrogen) atoms. The Morgan fingerprint density at radius 3 is 2.55 bits per heavy atom. The highest BCUT2D eigenvalue weighted by molar-refractivity contribution is 5.94. The molecule has 0 atom stereocenters.